The molecule has 3 aromatic heterocycles. The molecule has 2 saturated carbocycles. The minimum Gasteiger partial charge on any atom is -0.453 e. The first kappa shape index (κ1) is 38.1. The van der Waals surface area contributed by atoms with Gasteiger partial charge in [-0.2, -0.15) is 0 Å². The molecule has 1 aliphatic heterocycles. The number of aromatic nitrogens is 6. The van der Waals surface area contributed by atoms with Gasteiger partial charge >= 0.3 is 6.09 Å². The number of hydrazine groups is 1. The molecule has 3 fully saturated rings. The molecular formula is C41H45ClN10O5. The molecule has 15 nitrogen and oxygen atoms in total. The molecule has 57 heavy (non-hydrogen) atoms. The Morgan fingerprint density at radius 2 is 1.44 bits per heavy atom. The maximum Gasteiger partial charge on any atom is 0.407 e. The number of aromatic amines is 2. The van der Waals surface area contributed by atoms with Gasteiger partial charge in [0, 0.05) is 32.0 Å². The first-order valence-electron chi connectivity index (χ1n) is 19.2. The van der Waals surface area contributed by atoms with E-state index in [-0.39, 0.29) is 34.8 Å². The summed E-state index contributed by atoms with van der Waals surface area (Å²) in [5.41, 5.74) is 11.5. The number of hydrogen-bond acceptors (Lipinski definition) is 10. The van der Waals surface area contributed by atoms with Crippen LogP contribution in [0.4, 0.5) is 10.6 Å². The molecule has 7 atom stereocenters. The molecule has 3 amide bonds. The van der Waals surface area contributed by atoms with Crippen LogP contribution in [0, 0.1) is 17.8 Å². The van der Waals surface area contributed by atoms with E-state index >= 15 is 0 Å². The van der Waals surface area contributed by atoms with Gasteiger partial charge in [-0.1, -0.05) is 60.1 Å². The number of alkyl carbamates (subject to hydrolysis) is 1. The maximum atomic E-state index is 13.6. The van der Waals surface area contributed by atoms with Gasteiger partial charge in [-0.3, -0.25) is 20.4 Å². The summed E-state index contributed by atoms with van der Waals surface area (Å²) in [4.78, 5) is 65.5. The zero-order chi connectivity index (χ0) is 39.6. The third-order valence-corrected chi connectivity index (χ3v) is 12.1. The summed E-state index contributed by atoms with van der Waals surface area (Å²) in [5.74, 6) is 1.96. The van der Waals surface area contributed by atoms with E-state index in [1.165, 1.54) is 26.6 Å². The Labute approximate surface area is 334 Å². The molecule has 5 N–H and O–H groups in total. The zero-order valence-electron chi connectivity index (χ0n) is 31.9. The summed E-state index contributed by atoms with van der Waals surface area (Å²) in [6.45, 7) is 2.28. The van der Waals surface area contributed by atoms with Gasteiger partial charge in [0.1, 0.15) is 17.7 Å². The normalized spacial score (nSPS) is 22.2. The number of methoxy groups -OCH3 is 2. The molecule has 5 aromatic rings. The summed E-state index contributed by atoms with van der Waals surface area (Å²) >= 11 is 6.12. The first-order valence-corrected chi connectivity index (χ1v) is 19.6. The summed E-state index contributed by atoms with van der Waals surface area (Å²) in [6, 6.07) is 15.4. The molecule has 4 unspecified atom stereocenters. The van der Waals surface area contributed by atoms with Gasteiger partial charge in [0.05, 0.1) is 49.0 Å². The molecule has 4 heterocycles. The molecule has 3 aliphatic rings. The van der Waals surface area contributed by atoms with Crippen molar-refractivity contribution in [3.8, 4) is 33.6 Å². The van der Waals surface area contributed by atoms with Crippen molar-refractivity contribution in [2.75, 3.05) is 26.2 Å². The number of H-pyrrole nitrogens is 2. The smallest absolute Gasteiger partial charge is 0.407 e. The van der Waals surface area contributed by atoms with Crippen LogP contribution in [0.25, 0.3) is 33.6 Å². The van der Waals surface area contributed by atoms with E-state index in [9.17, 15) is 14.4 Å². The number of anilines is 1. The molecule has 0 spiro atoms. The predicted molar refractivity (Wildman–Crippen MR) is 212 cm³/mol. The molecule has 2 bridgehead atoms. The number of rotatable bonds is 12. The lowest BCUT2D eigenvalue weighted by Gasteiger charge is -2.30. The number of nitrogens with one attached hydrogen (secondary N) is 5. The molecule has 16 heteroatoms. The molecule has 1 saturated heterocycles. The van der Waals surface area contributed by atoms with Gasteiger partial charge in [-0.15, -0.1) is 0 Å². The number of hydrogen-bond donors (Lipinski definition) is 5. The van der Waals surface area contributed by atoms with E-state index in [1.807, 2.05) is 6.20 Å². The molecule has 2 aromatic carbocycles. The Hall–Kier alpha value is -5.80. The van der Waals surface area contributed by atoms with E-state index in [4.69, 9.17) is 26.1 Å². The Kier molecular flexibility index (Phi) is 10.9. The number of fused-ring (bicyclic) bond motifs is 2. The standard InChI is InChI=1S/C41H45ClN10O5/c1-22(56-2)34(49-41(55)57-3)40(54)52-18-4-5-31(52)36-45-20-29(47-36)25-10-6-23(7-11-25)24-8-12-26(13-9-24)30-21-46-37(48-30)32-27-14-15-28(19-27)33(32)39(53)51-50-38-35(42)43-16-17-44-38/h6-13,16-17,20-22,27-28,31-34H,4-5,14-15,18-19H2,1-3H3,(H,44,50)(H,45,47)(H,46,48)(H,49,55)(H,51,53)/t22-,27?,28?,31+,32?,33?,34+/m1/s1. The highest BCUT2D eigenvalue weighted by atomic mass is 35.5. The van der Waals surface area contributed by atoms with Crippen molar-refractivity contribution < 1.29 is 23.9 Å². The number of amides is 3. The quantitative estimate of drug-likeness (QED) is 0.0900. The Morgan fingerprint density at radius 1 is 0.825 bits per heavy atom. The summed E-state index contributed by atoms with van der Waals surface area (Å²) in [7, 11) is 2.76. The number of nitrogens with zero attached hydrogens (tertiary/aromatic N) is 5. The summed E-state index contributed by atoms with van der Waals surface area (Å²) < 4.78 is 10.1. The largest absolute Gasteiger partial charge is 0.453 e. The van der Waals surface area contributed by atoms with Crippen LogP contribution in [0.15, 0.2) is 73.3 Å². The number of ether oxygens (including phenoxy) is 2. The number of halogens is 1. The highest BCUT2D eigenvalue weighted by Gasteiger charge is 2.52. The average molecular weight is 793 g/mol. The number of imidazole rings is 2. The van der Waals surface area contributed by atoms with Crippen LogP contribution < -0.4 is 16.2 Å². The summed E-state index contributed by atoms with van der Waals surface area (Å²) in [6.07, 6.45) is 10.1. The minimum absolute atomic E-state index is 0.00707. The van der Waals surface area contributed by atoms with Crippen LogP contribution in [-0.4, -0.2) is 85.6 Å². The van der Waals surface area contributed by atoms with Crippen LogP contribution in [0.1, 0.15) is 62.6 Å². The fourth-order valence-corrected chi connectivity index (χ4v) is 9.01. The molecule has 0 radical (unpaired) electrons. The Bertz CT molecular complexity index is 2230. The second kappa shape index (κ2) is 16.4. The average Bonchev–Trinajstić information content (AvgIpc) is 4.10. The van der Waals surface area contributed by atoms with Crippen LogP contribution >= 0.6 is 11.6 Å². The van der Waals surface area contributed by atoms with Crippen molar-refractivity contribution in [2.45, 2.75) is 63.1 Å². The lowest BCUT2D eigenvalue weighted by atomic mass is 9.78. The van der Waals surface area contributed by atoms with E-state index in [2.05, 4.69) is 89.6 Å². The monoisotopic (exact) mass is 792 g/mol. The van der Waals surface area contributed by atoms with Crippen molar-refractivity contribution in [1.29, 1.82) is 0 Å². The third kappa shape index (κ3) is 7.68. The van der Waals surface area contributed by atoms with Gasteiger partial charge < -0.3 is 29.7 Å². The first-order chi connectivity index (χ1) is 27.7. The highest BCUT2D eigenvalue weighted by Crippen LogP contribution is 2.56. The third-order valence-electron chi connectivity index (χ3n) is 11.8. The van der Waals surface area contributed by atoms with Crippen LogP contribution in [0.5, 0.6) is 0 Å². The molecular weight excluding hydrogens is 748 g/mol. The van der Waals surface area contributed by atoms with E-state index in [0.717, 1.165) is 71.6 Å². The fourth-order valence-electron chi connectivity index (χ4n) is 8.86. The van der Waals surface area contributed by atoms with E-state index < -0.39 is 18.2 Å². The van der Waals surface area contributed by atoms with Gasteiger partial charge in [0.25, 0.3) is 0 Å². The lowest BCUT2D eigenvalue weighted by Crippen LogP contribution is -2.54. The zero-order valence-corrected chi connectivity index (χ0v) is 32.6. The van der Waals surface area contributed by atoms with Gasteiger partial charge in [-0.25, -0.2) is 24.7 Å². The SMILES string of the molecule is COC(=O)N[C@H](C(=O)N1CCC[C@H]1c1ncc(-c2ccc(-c3ccc(-c4cnc(C5C6CCC(C6)C5C(=O)NNc5nccnc5Cl)[nH]4)cc3)cc2)[nH]1)[C@@H](C)OC. The predicted octanol–water partition coefficient (Wildman–Crippen LogP) is 6.27. The van der Waals surface area contributed by atoms with Crippen molar-refractivity contribution in [3.05, 3.63) is 90.1 Å². The number of carbonyl (C=O) groups is 3. The lowest BCUT2D eigenvalue weighted by molar-refractivity contribution is -0.137. The molecule has 2 aliphatic carbocycles. The second-order valence-electron chi connectivity index (χ2n) is 15.0. The van der Waals surface area contributed by atoms with Crippen LogP contribution in [0.3, 0.4) is 0 Å². The fraction of sp³-hybridized carbons (Fsp3) is 0.390. The van der Waals surface area contributed by atoms with Crippen LogP contribution in [-0.2, 0) is 19.1 Å². The number of carbonyl (C=O) groups excluding carboxylic acids is 3. The summed E-state index contributed by atoms with van der Waals surface area (Å²) in [5, 5.41) is 2.81. The second-order valence-corrected chi connectivity index (χ2v) is 15.3. The molecule has 296 valence electrons. The topological polar surface area (TPSA) is 192 Å². The van der Waals surface area contributed by atoms with Gasteiger partial charge in [0.2, 0.25) is 11.8 Å². The van der Waals surface area contributed by atoms with E-state index in [0.29, 0.717) is 30.0 Å². The van der Waals surface area contributed by atoms with Crippen LogP contribution in [0.2, 0.25) is 5.15 Å². The Morgan fingerprint density at radius 3 is 2.09 bits per heavy atom. The number of benzene rings is 2. The highest BCUT2D eigenvalue weighted by molar-refractivity contribution is 6.31. The van der Waals surface area contributed by atoms with Crippen molar-refractivity contribution in [3.63, 3.8) is 0 Å². The van der Waals surface area contributed by atoms with Gasteiger partial charge in [-0.05, 0) is 73.1 Å². The van der Waals surface area contributed by atoms with Crippen molar-refractivity contribution >= 4 is 35.3 Å². The van der Waals surface area contributed by atoms with Crippen molar-refractivity contribution in [2.24, 2.45) is 17.8 Å². The molecule has 8 rings (SSSR count). The minimum atomic E-state index is -0.892. The number of likely N-dealkylation sites (tertiary alicyclic amines) is 1. The van der Waals surface area contributed by atoms with Gasteiger partial charge in [0.15, 0.2) is 11.0 Å². The van der Waals surface area contributed by atoms with Crippen molar-refractivity contribution in [1.82, 2.24) is 45.5 Å². The van der Waals surface area contributed by atoms with E-state index in [1.54, 1.807) is 18.0 Å². The maximum absolute atomic E-state index is 13.6. The Balaban J connectivity index is 0.918.